The van der Waals surface area contributed by atoms with Gasteiger partial charge in [0.15, 0.2) is 0 Å². The Bertz CT molecular complexity index is 476. The third-order valence-corrected chi connectivity index (χ3v) is 4.06. The molecule has 0 radical (unpaired) electrons. The van der Waals surface area contributed by atoms with Crippen LogP contribution >= 0.6 is 11.6 Å². The summed E-state index contributed by atoms with van der Waals surface area (Å²) in [5.41, 5.74) is -0.327. The van der Waals surface area contributed by atoms with Crippen molar-refractivity contribution in [1.29, 1.82) is 0 Å². The minimum absolute atomic E-state index is 0.0774. The van der Waals surface area contributed by atoms with Crippen molar-refractivity contribution in [3.05, 3.63) is 47.0 Å². The maximum absolute atomic E-state index is 13.2. The molecule has 5 heteroatoms. The number of halogens is 4. The van der Waals surface area contributed by atoms with Crippen molar-refractivity contribution >= 4 is 11.6 Å². The molecule has 0 bridgehead atoms. The van der Waals surface area contributed by atoms with Crippen LogP contribution in [0.1, 0.15) is 29.9 Å². The highest BCUT2D eigenvalue weighted by Crippen LogP contribution is 2.42. The minimum Gasteiger partial charge on any atom is -0.300 e. The lowest BCUT2D eigenvalue weighted by Crippen LogP contribution is -2.33. The molecule has 0 atom stereocenters. The Morgan fingerprint density at radius 3 is 2.50 bits per heavy atom. The van der Waals surface area contributed by atoms with E-state index in [4.69, 9.17) is 11.6 Å². The predicted octanol–water partition coefficient (Wildman–Crippen LogP) is 4.72. The lowest BCUT2D eigenvalue weighted by molar-refractivity contribution is -0.138. The zero-order chi connectivity index (χ0) is 14.8. The fourth-order valence-corrected chi connectivity index (χ4v) is 3.08. The fraction of sp³-hybridized carbons (Fsp3) is 0.467. The van der Waals surface area contributed by atoms with Gasteiger partial charge in [0.2, 0.25) is 0 Å². The number of nitrogens with zero attached hydrogens (tertiary/aromatic N) is 1. The Morgan fingerprint density at radius 1 is 1.30 bits per heavy atom. The summed E-state index contributed by atoms with van der Waals surface area (Å²) in [5.74, 6) is -0.0774. The van der Waals surface area contributed by atoms with Gasteiger partial charge in [0.05, 0.1) is 10.6 Å². The molecule has 110 valence electrons. The van der Waals surface area contributed by atoms with Crippen molar-refractivity contribution in [2.75, 3.05) is 19.6 Å². The molecule has 1 saturated heterocycles. The smallest absolute Gasteiger partial charge is 0.300 e. The second-order valence-electron chi connectivity index (χ2n) is 5.07. The molecule has 2 rings (SSSR count). The van der Waals surface area contributed by atoms with Crippen LogP contribution in [0.5, 0.6) is 0 Å². The molecule has 0 spiro atoms. The molecule has 0 unspecified atom stereocenters. The van der Waals surface area contributed by atoms with Crippen LogP contribution in [0.2, 0.25) is 5.02 Å². The van der Waals surface area contributed by atoms with E-state index in [1.54, 1.807) is 12.1 Å². The number of likely N-dealkylation sites (tertiary alicyclic amines) is 1. The van der Waals surface area contributed by atoms with Crippen LogP contribution in [0.3, 0.4) is 0 Å². The summed E-state index contributed by atoms with van der Waals surface area (Å²) in [6, 6.07) is 4.46. The molecule has 0 aromatic heterocycles. The molecule has 1 aliphatic rings. The topological polar surface area (TPSA) is 3.24 Å². The monoisotopic (exact) mass is 303 g/mol. The molecule has 1 aromatic rings. The van der Waals surface area contributed by atoms with Crippen LogP contribution in [0.4, 0.5) is 13.2 Å². The minimum atomic E-state index is -4.40. The third kappa shape index (κ3) is 3.36. The van der Waals surface area contributed by atoms with E-state index < -0.39 is 11.7 Å². The largest absolute Gasteiger partial charge is 0.418 e. The molecule has 0 amide bonds. The van der Waals surface area contributed by atoms with Gasteiger partial charge < -0.3 is 0 Å². The predicted molar refractivity (Wildman–Crippen MR) is 75.1 cm³/mol. The van der Waals surface area contributed by atoms with Crippen LogP contribution in [-0.4, -0.2) is 24.5 Å². The number of rotatable bonds is 3. The van der Waals surface area contributed by atoms with Crippen molar-refractivity contribution in [2.45, 2.75) is 24.9 Å². The fourth-order valence-electron chi connectivity index (χ4n) is 2.79. The third-order valence-electron chi connectivity index (χ3n) is 3.74. The first-order valence-corrected chi connectivity index (χ1v) is 7.00. The summed E-state index contributed by atoms with van der Waals surface area (Å²) in [6.07, 6.45) is -1.14. The second kappa shape index (κ2) is 6.19. The van der Waals surface area contributed by atoms with Crippen molar-refractivity contribution in [3.8, 4) is 0 Å². The van der Waals surface area contributed by atoms with E-state index in [1.807, 2.05) is 6.08 Å². The summed E-state index contributed by atoms with van der Waals surface area (Å²) in [5, 5.41) is -0.205. The van der Waals surface area contributed by atoms with Crippen LogP contribution in [-0.2, 0) is 6.18 Å². The maximum Gasteiger partial charge on any atom is 0.418 e. The van der Waals surface area contributed by atoms with Crippen molar-refractivity contribution < 1.29 is 13.2 Å². The van der Waals surface area contributed by atoms with Gasteiger partial charge in [-0.25, -0.2) is 0 Å². The highest BCUT2D eigenvalue weighted by molar-refractivity contribution is 6.31. The Hall–Kier alpha value is -1.00. The Kier molecular flexibility index (Phi) is 4.76. The Morgan fingerprint density at radius 2 is 1.95 bits per heavy atom. The normalized spacial score (nSPS) is 18.2. The van der Waals surface area contributed by atoms with E-state index >= 15 is 0 Å². The number of piperidine rings is 1. The zero-order valence-electron chi connectivity index (χ0n) is 11.1. The summed E-state index contributed by atoms with van der Waals surface area (Å²) < 4.78 is 39.5. The highest BCUT2D eigenvalue weighted by Gasteiger charge is 2.38. The molecule has 1 heterocycles. The molecule has 1 aliphatic heterocycles. The molecule has 20 heavy (non-hydrogen) atoms. The van der Waals surface area contributed by atoms with Gasteiger partial charge in [-0.05, 0) is 43.5 Å². The van der Waals surface area contributed by atoms with E-state index in [-0.39, 0.29) is 10.9 Å². The number of benzene rings is 1. The molecule has 0 N–H and O–H groups in total. The standard InChI is InChI=1S/C15H17ClF3N/c1-2-8-20-9-6-11(7-10-20)12-4-3-5-13(16)14(12)15(17,18)19/h2-5,11H,1,6-10H2. The zero-order valence-corrected chi connectivity index (χ0v) is 11.8. The summed E-state index contributed by atoms with van der Waals surface area (Å²) in [4.78, 5) is 2.20. The number of alkyl halides is 3. The van der Waals surface area contributed by atoms with E-state index in [0.29, 0.717) is 5.56 Å². The van der Waals surface area contributed by atoms with Gasteiger partial charge in [-0.3, -0.25) is 4.90 Å². The first-order valence-electron chi connectivity index (χ1n) is 6.62. The maximum atomic E-state index is 13.2. The SMILES string of the molecule is C=CCN1CCC(c2cccc(Cl)c2C(F)(F)F)CC1. The molecule has 1 nitrogen and oxygen atoms in total. The lowest BCUT2D eigenvalue weighted by atomic mass is 9.86. The molecular formula is C15H17ClF3N. The molecule has 1 fully saturated rings. The van der Waals surface area contributed by atoms with Crippen LogP contribution in [0.15, 0.2) is 30.9 Å². The van der Waals surface area contributed by atoms with Crippen molar-refractivity contribution in [2.24, 2.45) is 0 Å². The Labute approximate surface area is 122 Å². The molecule has 0 aliphatic carbocycles. The average molecular weight is 304 g/mol. The van der Waals surface area contributed by atoms with Gasteiger partial charge in [-0.1, -0.05) is 29.8 Å². The van der Waals surface area contributed by atoms with Gasteiger partial charge in [-0.2, -0.15) is 13.2 Å². The quantitative estimate of drug-likeness (QED) is 0.730. The van der Waals surface area contributed by atoms with E-state index in [9.17, 15) is 13.2 Å². The first kappa shape index (κ1) is 15.4. The number of hydrogen-bond acceptors (Lipinski definition) is 1. The molecule has 1 aromatic carbocycles. The molecular weight excluding hydrogens is 287 g/mol. The highest BCUT2D eigenvalue weighted by atomic mass is 35.5. The van der Waals surface area contributed by atoms with E-state index in [0.717, 1.165) is 32.5 Å². The van der Waals surface area contributed by atoms with Gasteiger partial charge >= 0.3 is 6.18 Å². The van der Waals surface area contributed by atoms with Crippen molar-refractivity contribution in [3.63, 3.8) is 0 Å². The molecule has 0 saturated carbocycles. The Balaban J connectivity index is 2.22. The first-order chi connectivity index (χ1) is 9.43. The van der Waals surface area contributed by atoms with Gasteiger partial charge in [-0.15, -0.1) is 6.58 Å². The van der Waals surface area contributed by atoms with Gasteiger partial charge in [0, 0.05) is 6.54 Å². The lowest BCUT2D eigenvalue weighted by Gasteiger charge is -2.32. The second-order valence-corrected chi connectivity index (χ2v) is 5.47. The van der Waals surface area contributed by atoms with Crippen molar-refractivity contribution in [1.82, 2.24) is 4.90 Å². The number of hydrogen-bond donors (Lipinski definition) is 0. The summed E-state index contributed by atoms with van der Waals surface area (Å²) in [6.45, 7) is 6.05. The van der Waals surface area contributed by atoms with E-state index in [2.05, 4.69) is 11.5 Å². The van der Waals surface area contributed by atoms with E-state index in [1.165, 1.54) is 6.07 Å². The van der Waals surface area contributed by atoms with Crippen LogP contribution < -0.4 is 0 Å². The van der Waals surface area contributed by atoms with Gasteiger partial charge in [0.25, 0.3) is 0 Å². The summed E-state index contributed by atoms with van der Waals surface area (Å²) in [7, 11) is 0. The van der Waals surface area contributed by atoms with Crippen LogP contribution in [0.25, 0.3) is 0 Å². The van der Waals surface area contributed by atoms with Crippen LogP contribution in [0, 0.1) is 0 Å². The average Bonchev–Trinajstić information content (AvgIpc) is 2.38. The summed E-state index contributed by atoms with van der Waals surface area (Å²) >= 11 is 5.77. The van der Waals surface area contributed by atoms with Gasteiger partial charge in [0.1, 0.15) is 0 Å².